The zero-order chi connectivity index (χ0) is 13.2. The average Bonchev–Trinajstić information content (AvgIpc) is 2.87. The zero-order valence-electron chi connectivity index (χ0n) is 10.2. The molecule has 1 heterocycles. The lowest BCUT2D eigenvalue weighted by molar-refractivity contribution is 0.357. The Bertz CT molecular complexity index is 615. The fraction of sp³-hybridized carbons (Fsp3) is 0.200. The molecule has 1 N–H and O–H groups in total. The summed E-state index contributed by atoms with van der Waals surface area (Å²) in [6, 6.07) is 12.1. The number of hydrogen-bond donors (Lipinski definition) is 1. The van der Waals surface area contributed by atoms with Gasteiger partial charge in [0.15, 0.2) is 0 Å². The summed E-state index contributed by atoms with van der Waals surface area (Å²) < 4.78 is 6.52. The van der Waals surface area contributed by atoms with Crippen LogP contribution in [0.1, 0.15) is 11.1 Å². The van der Waals surface area contributed by atoms with Crippen LogP contribution < -0.4 is 10.1 Å². The van der Waals surface area contributed by atoms with E-state index in [2.05, 4.69) is 33.4 Å². The minimum Gasteiger partial charge on any atom is -0.493 e. The van der Waals surface area contributed by atoms with Crippen LogP contribution in [0.5, 0.6) is 5.75 Å². The van der Waals surface area contributed by atoms with Crippen LogP contribution in [0, 0.1) is 0 Å². The molecule has 4 heteroatoms. The summed E-state index contributed by atoms with van der Waals surface area (Å²) in [6.45, 7) is 1.57. The summed E-state index contributed by atoms with van der Waals surface area (Å²) >= 11 is 9.51. The number of benzene rings is 2. The second-order valence-electron chi connectivity index (χ2n) is 4.52. The van der Waals surface area contributed by atoms with Crippen LogP contribution in [0.3, 0.4) is 0 Å². The summed E-state index contributed by atoms with van der Waals surface area (Å²) in [5, 5.41) is 4.12. The van der Waals surface area contributed by atoms with Crippen molar-refractivity contribution in [2.24, 2.45) is 0 Å². The molecule has 2 aromatic rings. The van der Waals surface area contributed by atoms with Crippen molar-refractivity contribution in [3.05, 3.63) is 57.0 Å². The minimum absolute atomic E-state index is 0.730. The van der Waals surface area contributed by atoms with Gasteiger partial charge in [0.05, 0.1) is 12.3 Å². The van der Waals surface area contributed by atoms with Crippen molar-refractivity contribution in [2.75, 3.05) is 11.9 Å². The highest BCUT2D eigenvalue weighted by molar-refractivity contribution is 9.10. The Kier molecular flexibility index (Phi) is 3.67. The lowest BCUT2D eigenvalue weighted by atomic mass is 10.1. The van der Waals surface area contributed by atoms with Crippen LogP contribution in [0.4, 0.5) is 5.69 Å². The summed E-state index contributed by atoms with van der Waals surface area (Å²) in [5.74, 6) is 1.02. The maximum Gasteiger partial charge on any atom is 0.122 e. The molecule has 0 bridgehead atoms. The lowest BCUT2D eigenvalue weighted by Gasteiger charge is -2.10. The van der Waals surface area contributed by atoms with Crippen molar-refractivity contribution >= 4 is 33.2 Å². The number of nitrogens with one attached hydrogen (secondary N) is 1. The van der Waals surface area contributed by atoms with Crippen molar-refractivity contribution < 1.29 is 4.74 Å². The normalized spacial score (nSPS) is 12.9. The number of hydrogen-bond acceptors (Lipinski definition) is 2. The second kappa shape index (κ2) is 5.43. The van der Waals surface area contributed by atoms with Crippen LogP contribution in [0.15, 0.2) is 40.9 Å². The van der Waals surface area contributed by atoms with Gasteiger partial charge in [0, 0.05) is 22.5 Å². The number of fused-ring (bicyclic) bond motifs is 1. The first kappa shape index (κ1) is 12.8. The van der Waals surface area contributed by atoms with Gasteiger partial charge >= 0.3 is 0 Å². The molecule has 0 spiro atoms. The first-order valence-electron chi connectivity index (χ1n) is 6.16. The number of halogens is 2. The van der Waals surface area contributed by atoms with Crippen molar-refractivity contribution in [3.63, 3.8) is 0 Å². The first-order chi connectivity index (χ1) is 9.22. The maximum absolute atomic E-state index is 6.00. The Morgan fingerprint density at radius 1 is 1.21 bits per heavy atom. The smallest absolute Gasteiger partial charge is 0.122 e. The van der Waals surface area contributed by atoms with Crippen molar-refractivity contribution in [3.8, 4) is 5.75 Å². The molecule has 0 radical (unpaired) electrons. The summed E-state index contributed by atoms with van der Waals surface area (Å²) in [7, 11) is 0. The molecular formula is C15H13BrClNO. The predicted molar refractivity (Wildman–Crippen MR) is 82.1 cm³/mol. The van der Waals surface area contributed by atoms with Gasteiger partial charge in [-0.05, 0) is 51.3 Å². The van der Waals surface area contributed by atoms with Crippen molar-refractivity contribution in [1.82, 2.24) is 0 Å². The molecule has 0 aromatic heterocycles. The van der Waals surface area contributed by atoms with Crippen LogP contribution in [-0.4, -0.2) is 6.61 Å². The molecule has 0 saturated heterocycles. The van der Waals surface area contributed by atoms with Crippen LogP contribution in [0.25, 0.3) is 0 Å². The van der Waals surface area contributed by atoms with Gasteiger partial charge in [-0.15, -0.1) is 0 Å². The number of rotatable bonds is 3. The van der Waals surface area contributed by atoms with Gasteiger partial charge < -0.3 is 10.1 Å². The Morgan fingerprint density at radius 2 is 2.11 bits per heavy atom. The molecule has 19 heavy (non-hydrogen) atoms. The van der Waals surface area contributed by atoms with Crippen LogP contribution in [-0.2, 0) is 13.0 Å². The van der Waals surface area contributed by atoms with Crippen molar-refractivity contribution in [1.29, 1.82) is 0 Å². The first-order valence-corrected chi connectivity index (χ1v) is 7.33. The van der Waals surface area contributed by atoms with E-state index in [1.54, 1.807) is 0 Å². The zero-order valence-corrected chi connectivity index (χ0v) is 12.6. The Balaban J connectivity index is 1.74. The van der Waals surface area contributed by atoms with Gasteiger partial charge in [0.1, 0.15) is 5.75 Å². The van der Waals surface area contributed by atoms with Crippen LogP contribution >= 0.6 is 27.5 Å². The van der Waals surface area contributed by atoms with E-state index in [9.17, 15) is 0 Å². The van der Waals surface area contributed by atoms with Gasteiger partial charge in [-0.3, -0.25) is 0 Å². The lowest BCUT2D eigenvalue weighted by Crippen LogP contribution is -2.00. The summed E-state index contributed by atoms with van der Waals surface area (Å²) in [6.07, 6.45) is 1.00. The van der Waals surface area contributed by atoms with E-state index in [1.807, 2.05) is 24.3 Å². The molecule has 2 aromatic carbocycles. The van der Waals surface area contributed by atoms with Gasteiger partial charge in [-0.2, -0.15) is 0 Å². The molecular weight excluding hydrogens is 326 g/mol. The third-order valence-corrected chi connectivity index (χ3v) is 4.09. The topological polar surface area (TPSA) is 21.3 Å². The van der Waals surface area contributed by atoms with Gasteiger partial charge in [0.2, 0.25) is 0 Å². The molecule has 0 saturated carbocycles. The molecule has 0 amide bonds. The fourth-order valence-electron chi connectivity index (χ4n) is 2.18. The molecule has 0 atom stereocenters. The van der Waals surface area contributed by atoms with E-state index >= 15 is 0 Å². The maximum atomic E-state index is 6.00. The van der Waals surface area contributed by atoms with Gasteiger partial charge in [-0.1, -0.05) is 23.7 Å². The predicted octanol–water partition coefficient (Wildman–Crippen LogP) is 4.65. The number of ether oxygens (including phenoxy) is 1. The van der Waals surface area contributed by atoms with Crippen molar-refractivity contribution in [2.45, 2.75) is 13.0 Å². The monoisotopic (exact) mass is 337 g/mol. The van der Waals surface area contributed by atoms with E-state index < -0.39 is 0 Å². The summed E-state index contributed by atoms with van der Waals surface area (Å²) in [4.78, 5) is 0. The molecule has 0 fully saturated rings. The largest absolute Gasteiger partial charge is 0.493 e. The Morgan fingerprint density at radius 3 is 3.00 bits per heavy atom. The third-order valence-electron chi connectivity index (χ3n) is 3.17. The highest BCUT2D eigenvalue weighted by Gasteiger charge is 2.11. The van der Waals surface area contributed by atoms with Crippen LogP contribution in [0.2, 0.25) is 5.02 Å². The Hall–Kier alpha value is -1.19. The highest BCUT2D eigenvalue weighted by Crippen LogP contribution is 2.28. The summed E-state index contributed by atoms with van der Waals surface area (Å²) in [5.41, 5.74) is 3.55. The fourth-order valence-corrected chi connectivity index (χ4v) is 2.74. The van der Waals surface area contributed by atoms with Gasteiger partial charge in [0.25, 0.3) is 0 Å². The molecule has 3 rings (SSSR count). The van der Waals surface area contributed by atoms with E-state index in [0.717, 1.165) is 40.5 Å². The number of anilines is 1. The molecule has 1 aliphatic rings. The van der Waals surface area contributed by atoms with E-state index in [4.69, 9.17) is 16.3 Å². The second-order valence-corrected chi connectivity index (χ2v) is 5.81. The van der Waals surface area contributed by atoms with E-state index in [-0.39, 0.29) is 0 Å². The SMILES string of the molecule is Clc1ccc(Br)c(NCc2ccc3c(c2)CCO3)c1. The molecule has 1 aliphatic heterocycles. The van der Waals surface area contributed by atoms with E-state index in [0.29, 0.717) is 0 Å². The highest BCUT2D eigenvalue weighted by atomic mass is 79.9. The van der Waals surface area contributed by atoms with E-state index in [1.165, 1.54) is 11.1 Å². The quantitative estimate of drug-likeness (QED) is 0.879. The molecule has 98 valence electrons. The van der Waals surface area contributed by atoms with Gasteiger partial charge in [-0.25, -0.2) is 0 Å². The Labute approximate surface area is 125 Å². The minimum atomic E-state index is 0.730. The molecule has 2 nitrogen and oxygen atoms in total. The third kappa shape index (κ3) is 2.88. The molecule has 0 unspecified atom stereocenters. The standard InChI is InChI=1S/C15H13BrClNO/c16-13-3-2-12(17)8-14(13)18-9-10-1-4-15-11(7-10)5-6-19-15/h1-4,7-8,18H,5-6,9H2. The average molecular weight is 339 g/mol. The molecule has 0 aliphatic carbocycles.